The van der Waals surface area contributed by atoms with Crippen molar-refractivity contribution in [1.82, 2.24) is 25.1 Å². The van der Waals surface area contributed by atoms with Crippen LogP contribution in [0.15, 0.2) is 43.0 Å². The van der Waals surface area contributed by atoms with Crippen molar-refractivity contribution in [3.63, 3.8) is 0 Å². The average molecular weight is 341 g/mol. The molecular weight excluding hydrogens is 322 g/mol. The van der Waals surface area contributed by atoms with Gasteiger partial charge in [-0.05, 0) is 13.8 Å². The Morgan fingerprint density at radius 1 is 1.33 bits per heavy atom. The van der Waals surface area contributed by atoms with Crippen LogP contribution in [0.25, 0.3) is 11.3 Å². The molecule has 2 aromatic heterocycles. The first-order valence-electron chi connectivity index (χ1n) is 7.78. The van der Waals surface area contributed by atoms with Crippen LogP contribution in [0.1, 0.15) is 22.9 Å². The number of benzene rings is 1. The van der Waals surface area contributed by atoms with Crippen LogP contribution in [-0.4, -0.2) is 32.2 Å². The second kappa shape index (κ2) is 7.35. The number of nitrogens with zero attached hydrogens (tertiary/aromatic N) is 4. The predicted molar refractivity (Wildman–Crippen MR) is 93.7 cm³/mol. The van der Waals surface area contributed by atoms with Crippen molar-refractivity contribution in [1.29, 1.82) is 0 Å². The topological polar surface area (TPSA) is 72.7 Å². The van der Waals surface area contributed by atoms with Gasteiger partial charge in [-0.1, -0.05) is 30.3 Å². The maximum Gasteiger partial charge on any atom is 0.244 e. The largest absolute Gasteiger partial charge is 0.354 e. The van der Waals surface area contributed by atoms with E-state index in [2.05, 4.69) is 34.5 Å². The molecule has 24 heavy (non-hydrogen) atoms. The smallest absolute Gasteiger partial charge is 0.244 e. The first-order chi connectivity index (χ1) is 11.6. The Hall–Kier alpha value is -2.54. The minimum atomic E-state index is -0.370. The summed E-state index contributed by atoms with van der Waals surface area (Å²) >= 11 is 1.68. The number of aryl methyl sites for hydroxylation is 1. The molecule has 7 heteroatoms. The second-order valence-electron chi connectivity index (χ2n) is 5.47. The van der Waals surface area contributed by atoms with Gasteiger partial charge in [0.1, 0.15) is 18.7 Å². The first-order valence-corrected chi connectivity index (χ1v) is 8.60. The molecule has 0 aliphatic carbocycles. The van der Waals surface area contributed by atoms with Crippen LogP contribution in [0.5, 0.6) is 0 Å². The van der Waals surface area contributed by atoms with Gasteiger partial charge in [-0.3, -0.25) is 4.79 Å². The van der Waals surface area contributed by atoms with Crippen molar-refractivity contribution in [3.8, 4) is 11.3 Å². The summed E-state index contributed by atoms with van der Waals surface area (Å²) in [5.41, 5.74) is 2.15. The fourth-order valence-electron chi connectivity index (χ4n) is 2.40. The van der Waals surface area contributed by atoms with E-state index in [-0.39, 0.29) is 11.9 Å². The lowest BCUT2D eigenvalue weighted by atomic mass is 10.1. The summed E-state index contributed by atoms with van der Waals surface area (Å²) in [5.74, 6) is -0.0722. The van der Waals surface area contributed by atoms with Crippen molar-refractivity contribution in [3.05, 3.63) is 52.9 Å². The molecule has 0 fully saturated rings. The van der Waals surface area contributed by atoms with Crippen molar-refractivity contribution < 1.29 is 4.79 Å². The van der Waals surface area contributed by atoms with Crippen LogP contribution >= 0.6 is 11.3 Å². The van der Waals surface area contributed by atoms with Crippen molar-refractivity contribution in [2.75, 3.05) is 6.54 Å². The van der Waals surface area contributed by atoms with Crippen LogP contribution in [0, 0.1) is 6.92 Å². The van der Waals surface area contributed by atoms with Gasteiger partial charge in [0.05, 0.1) is 10.7 Å². The second-order valence-corrected chi connectivity index (χ2v) is 6.76. The molecule has 2 heterocycles. The molecule has 1 atom stereocenters. The standard InChI is InChI=1S/C17H19N5OS/c1-12(22-11-18-10-20-22)17(23)19-9-8-15-21-16(13(2)24-15)14-6-4-3-5-7-14/h3-7,10-12H,8-9H2,1-2H3,(H,19,23). The average Bonchev–Trinajstić information content (AvgIpc) is 3.25. The fraction of sp³-hybridized carbons (Fsp3) is 0.294. The third kappa shape index (κ3) is 3.68. The molecular formula is C17H19N5OS. The summed E-state index contributed by atoms with van der Waals surface area (Å²) < 4.78 is 1.54. The van der Waals surface area contributed by atoms with E-state index in [1.54, 1.807) is 24.6 Å². The Kier molecular flexibility index (Phi) is 5.00. The van der Waals surface area contributed by atoms with E-state index in [1.165, 1.54) is 15.9 Å². The summed E-state index contributed by atoms with van der Waals surface area (Å²) in [6.45, 7) is 4.43. The number of carbonyl (C=O) groups is 1. The molecule has 6 nitrogen and oxygen atoms in total. The number of carbonyl (C=O) groups excluding carboxylic acids is 1. The van der Waals surface area contributed by atoms with Gasteiger partial charge in [0.25, 0.3) is 0 Å². The summed E-state index contributed by atoms with van der Waals surface area (Å²) in [6.07, 6.45) is 3.68. The molecule has 0 bridgehead atoms. The van der Waals surface area contributed by atoms with Crippen molar-refractivity contribution in [2.24, 2.45) is 0 Å². The van der Waals surface area contributed by atoms with Crippen LogP contribution in [0.4, 0.5) is 0 Å². The van der Waals surface area contributed by atoms with Gasteiger partial charge in [0, 0.05) is 23.4 Å². The molecule has 0 radical (unpaired) electrons. The summed E-state index contributed by atoms with van der Waals surface area (Å²) in [7, 11) is 0. The quantitative estimate of drug-likeness (QED) is 0.748. The predicted octanol–water partition coefficient (Wildman–Crippen LogP) is 2.63. The Labute approximate surface area is 144 Å². The van der Waals surface area contributed by atoms with Crippen LogP contribution in [0.2, 0.25) is 0 Å². The zero-order valence-electron chi connectivity index (χ0n) is 13.6. The van der Waals surface area contributed by atoms with Gasteiger partial charge in [-0.25, -0.2) is 14.6 Å². The van der Waals surface area contributed by atoms with E-state index in [4.69, 9.17) is 4.98 Å². The number of rotatable bonds is 6. The van der Waals surface area contributed by atoms with E-state index >= 15 is 0 Å². The Balaban J connectivity index is 1.57. The summed E-state index contributed by atoms with van der Waals surface area (Å²) in [6, 6.07) is 9.78. The Morgan fingerprint density at radius 2 is 2.12 bits per heavy atom. The van der Waals surface area contributed by atoms with Gasteiger partial charge in [0.2, 0.25) is 5.91 Å². The third-order valence-corrected chi connectivity index (χ3v) is 4.77. The molecule has 124 valence electrons. The zero-order valence-corrected chi connectivity index (χ0v) is 14.5. The fourth-order valence-corrected chi connectivity index (χ4v) is 3.35. The molecule has 0 aliphatic heterocycles. The number of hydrogen-bond acceptors (Lipinski definition) is 5. The van der Waals surface area contributed by atoms with E-state index in [1.807, 2.05) is 18.2 Å². The van der Waals surface area contributed by atoms with Crippen LogP contribution in [-0.2, 0) is 11.2 Å². The molecule has 0 aliphatic rings. The zero-order chi connectivity index (χ0) is 16.9. The molecule has 1 N–H and O–H groups in total. The number of thiazole rings is 1. The maximum absolute atomic E-state index is 12.1. The third-order valence-electron chi connectivity index (χ3n) is 3.74. The lowest BCUT2D eigenvalue weighted by Gasteiger charge is -2.11. The number of hydrogen-bond donors (Lipinski definition) is 1. The van der Waals surface area contributed by atoms with Gasteiger partial charge in [-0.15, -0.1) is 11.3 Å². The highest BCUT2D eigenvalue weighted by Gasteiger charge is 2.15. The van der Waals surface area contributed by atoms with Crippen LogP contribution in [0.3, 0.4) is 0 Å². The van der Waals surface area contributed by atoms with Gasteiger partial charge in [0.15, 0.2) is 0 Å². The highest BCUT2D eigenvalue weighted by Crippen LogP contribution is 2.27. The maximum atomic E-state index is 12.1. The summed E-state index contributed by atoms with van der Waals surface area (Å²) in [5, 5.41) is 7.94. The minimum Gasteiger partial charge on any atom is -0.354 e. The molecule has 1 aromatic carbocycles. The lowest BCUT2D eigenvalue weighted by molar-refractivity contribution is -0.124. The lowest BCUT2D eigenvalue weighted by Crippen LogP contribution is -2.32. The van der Waals surface area contributed by atoms with E-state index < -0.39 is 0 Å². The molecule has 1 unspecified atom stereocenters. The normalized spacial score (nSPS) is 12.1. The van der Waals surface area contributed by atoms with Crippen molar-refractivity contribution in [2.45, 2.75) is 26.3 Å². The molecule has 0 saturated carbocycles. The van der Waals surface area contributed by atoms with E-state index in [0.717, 1.165) is 16.3 Å². The van der Waals surface area contributed by atoms with Gasteiger partial charge in [-0.2, -0.15) is 5.10 Å². The monoisotopic (exact) mass is 341 g/mol. The highest BCUT2D eigenvalue weighted by molar-refractivity contribution is 7.12. The SMILES string of the molecule is Cc1sc(CCNC(=O)C(C)n2cncn2)nc1-c1ccccc1. The van der Waals surface area contributed by atoms with Gasteiger partial charge < -0.3 is 5.32 Å². The highest BCUT2D eigenvalue weighted by atomic mass is 32.1. The molecule has 0 spiro atoms. The number of aromatic nitrogens is 4. The van der Waals surface area contributed by atoms with Crippen molar-refractivity contribution >= 4 is 17.2 Å². The van der Waals surface area contributed by atoms with Crippen LogP contribution < -0.4 is 5.32 Å². The van der Waals surface area contributed by atoms with E-state index in [0.29, 0.717) is 13.0 Å². The number of amides is 1. The first kappa shape index (κ1) is 16.3. The molecule has 1 amide bonds. The molecule has 0 saturated heterocycles. The Morgan fingerprint density at radius 3 is 2.83 bits per heavy atom. The molecule has 3 rings (SSSR count). The van der Waals surface area contributed by atoms with E-state index in [9.17, 15) is 4.79 Å². The Bertz CT molecular complexity index is 798. The molecule has 3 aromatic rings. The number of nitrogens with one attached hydrogen (secondary N) is 1. The van der Waals surface area contributed by atoms with Gasteiger partial charge >= 0.3 is 0 Å². The summed E-state index contributed by atoms with van der Waals surface area (Å²) in [4.78, 5) is 21.9. The minimum absolute atomic E-state index is 0.0722.